The minimum absolute atomic E-state index is 0.110. The van der Waals surface area contributed by atoms with E-state index in [4.69, 9.17) is 27.4 Å². The molecule has 0 rings (SSSR count). The first-order valence-electron chi connectivity index (χ1n) is 8.84. The number of nitrogens with two attached hydrogens (primary N) is 3. The van der Waals surface area contributed by atoms with Gasteiger partial charge in [-0.05, 0) is 12.8 Å². The van der Waals surface area contributed by atoms with Crippen LogP contribution in [0.5, 0.6) is 0 Å². The lowest BCUT2D eigenvalue weighted by atomic mass is 10.1. The maximum absolute atomic E-state index is 12.2. The second-order valence-corrected chi connectivity index (χ2v) is 6.12. The lowest BCUT2D eigenvalue weighted by Gasteiger charge is -2.23. The maximum Gasteiger partial charge on any atom is 0.328 e. The first-order chi connectivity index (χ1) is 14.1. The van der Waals surface area contributed by atoms with E-state index in [0.29, 0.717) is 6.42 Å². The normalized spacial score (nSPS) is 14.5. The molecule has 30 heavy (non-hydrogen) atoms. The van der Waals surface area contributed by atoms with Crippen molar-refractivity contribution in [2.24, 2.45) is 22.2 Å². The Labute approximate surface area is 171 Å². The summed E-state index contributed by atoms with van der Waals surface area (Å²) in [6.07, 6.45) is 0.562. The Morgan fingerprint density at radius 3 is 1.63 bits per heavy atom. The zero-order valence-electron chi connectivity index (χ0n) is 16.2. The maximum atomic E-state index is 12.2. The number of carboxylic acid groups (broad SMARTS) is 1. The smallest absolute Gasteiger partial charge is 0.328 e. The highest BCUT2D eigenvalue weighted by atomic mass is 16.4. The van der Waals surface area contributed by atoms with E-state index in [1.165, 1.54) is 0 Å². The summed E-state index contributed by atoms with van der Waals surface area (Å²) in [5.41, 5.74) is 16.0. The average Bonchev–Trinajstić information content (AvgIpc) is 2.70. The topological polar surface area (TPSA) is 276 Å². The van der Waals surface area contributed by atoms with Gasteiger partial charge >= 0.3 is 5.97 Å². The van der Waals surface area contributed by atoms with Crippen LogP contribution >= 0.6 is 0 Å². The molecule has 0 saturated heterocycles. The molecular weight excluding hydrogens is 406 g/mol. The minimum atomic E-state index is -1.64. The number of carbonyl (C=O) groups is 4. The fourth-order valence-electron chi connectivity index (χ4n) is 2.05. The van der Waals surface area contributed by atoms with Crippen LogP contribution in [0.4, 0.5) is 0 Å². The van der Waals surface area contributed by atoms with E-state index in [9.17, 15) is 29.4 Å². The predicted octanol–water partition coefficient (Wildman–Crippen LogP) is -6.12. The summed E-state index contributed by atoms with van der Waals surface area (Å²) in [6, 6.07) is -5.76. The lowest BCUT2D eigenvalue weighted by molar-refractivity contribution is -0.143. The van der Waals surface area contributed by atoms with Crippen molar-refractivity contribution in [2.45, 2.75) is 37.0 Å². The second kappa shape index (κ2) is 14.0. The Hall–Kier alpha value is -3.01. The summed E-state index contributed by atoms with van der Waals surface area (Å²) in [5.74, 6) is -4.51. The van der Waals surface area contributed by atoms with E-state index in [0.717, 1.165) is 0 Å². The van der Waals surface area contributed by atoms with Crippen molar-refractivity contribution in [1.29, 1.82) is 0 Å². The van der Waals surface area contributed by atoms with Gasteiger partial charge in [0.15, 0.2) is 5.96 Å². The summed E-state index contributed by atoms with van der Waals surface area (Å²) in [5, 5.41) is 42.5. The number of aliphatic carboxylic acids is 1. The van der Waals surface area contributed by atoms with Gasteiger partial charge in [-0.1, -0.05) is 0 Å². The van der Waals surface area contributed by atoms with Crippen molar-refractivity contribution in [3.05, 3.63) is 0 Å². The summed E-state index contributed by atoms with van der Waals surface area (Å²) < 4.78 is 0. The molecule has 0 radical (unpaired) electrons. The highest BCUT2D eigenvalue weighted by molar-refractivity contribution is 5.94. The molecule has 0 aromatic carbocycles. The standard InChI is InChI=1S/C15H29N7O8/c16-7(2-1-3-19-15(17)18)11(26)20-8(4-23)12(27)21-9(5-24)13(28)22-10(6-25)14(29)30/h7-10,23-25H,1-6,16H2,(H,20,26)(H,21,27)(H,22,28)(H,29,30)(H4,17,18,19). The van der Waals surface area contributed by atoms with Crippen molar-refractivity contribution < 1.29 is 39.6 Å². The fraction of sp³-hybridized carbons (Fsp3) is 0.667. The number of carboxylic acids is 1. The number of nitrogens with zero attached hydrogens (tertiary/aromatic N) is 1. The van der Waals surface area contributed by atoms with Gasteiger partial charge in [-0.3, -0.25) is 19.4 Å². The number of aliphatic hydroxyl groups is 3. The Morgan fingerprint density at radius 1 is 0.800 bits per heavy atom. The molecule has 0 saturated carbocycles. The molecule has 0 bridgehead atoms. The van der Waals surface area contributed by atoms with Gasteiger partial charge in [0.1, 0.15) is 18.1 Å². The van der Waals surface area contributed by atoms with Crippen LogP contribution in [0.1, 0.15) is 12.8 Å². The summed E-state index contributed by atoms with van der Waals surface area (Å²) in [4.78, 5) is 50.8. The Kier molecular flexibility index (Phi) is 12.6. The Balaban J connectivity index is 4.79. The van der Waals surface area contributed by atoms with Gasteiger partial charge in [0.25, 0.3) is 0 Å². The summed E-state index contributed by atoms with van der Waals surface area (Å²) in [6.45, 7) is -2.42. The third-order valence-corrected chi connectivity index (χ3v) is 3.73. The fourth-order valence-corrected chi connectivity index (χ4v) is 2.05. The molecule has 15 nitrogen and oxygen atoms in total. The first kappa shape index (κ1) is 27.0. The highest BCUT2D eigenvalue weighted by Crippen LogP contribution is 1.97. The van der Waals surface area contributed by atoms with E-state index < -0.39 is 67.7 Å². The van der Waals surface area contributed by atoms with E-state index in [1.807, 2.05) is 5.32 Å². The van der Waals surface area contributed by atoms with Gasteiger partial charge in [0, 0.05) is 6.54 Å². The van der Waals surface area contributed by atoms with Crippen LogP contribution in [0, 0.1) is 0 Å². The molecular formula is C15H29N7O8. The van der Waals surface area contributed by atoms with Gasteiger partial charge in [0.2, 0.25) is 17.7 Å². The molecule has 0 fully saturated rings. The van der Waals surface area contributed by atoms with Crippen LogP contribution in [0.3, 0.4) is 0 Å². The van der Waals surface area contributed by atoms with Crippen LogP contribution in [-0.4, -0.2) is 101 Å². The number of hydrogen-bond donors (Lipinski definition) is 10. The van der Waals surface area contributed by atoms with Gasteiger partial charge in [0.05, 0.1) is 25.9 Å². The van der Waals surface area contributed by atoms with E-state index in [2.05, 4.69) is 15.6 Å². The van der Waals surface area contributed by atoms with Crippen LogP contribution in [0.15, 0.2) is 4.99 Å². The van der Waals surface area contributed by atoms with Crippen molar-refractivity contribution in [3.8, 4) is 0 Å². The monoisotopic (exact) mass is 435 g/mol. The molecule has 4 unspecified atom stereocenters. The van der Waals surface area contributed by atoms with Crippen molar-refractivity contribution in [3.63, 3.8) is 0 Å². The summed E-state index contributed by atoms with van der Waals surface area (Å²) >= 11 is 0. The molecule has 0 spiro atoms. The number of aliphatic imine (C=N–C) groups is 1. The number of nitrogens with one attached hydrogen (secondary N) is 3. The Morgan fingerprint density at radius 2 is 1.23 bits per heavy atom. The first-order valence-corrected chi connectivity index (χ1v) is 8.84. The van der Waals surface area contributed by atoms with Crippen molar-refractivity contribution >= 4 is 29.7 Å². The lowest BCUT2D eigenvalue weighted by Crippen LogP contribution is -2.59. The second-order valence-electron chi connectivity index (χ2n) is 6.12. The van der Waals surface area contributed by atoms with Gasteiger partial charge in [-0.25, -0.2) is 4.79 Å². The van der Waals surface area contributed by atoms with E-state index in [1.54, 1.807) is 0 Å². The van der Waals surface area contributed by atoms with Gasteiger partial charge in [-0.2, -0.15) is 0 Å². The molecule has 4 atom stereocenters. The number of carbonyl (C=O) groups excluding carboxylic acids is 3. The molecule has 0 heterocycles. The molecule has 13 N–H and O–H groups in total. The predicted molar refractivity (Wildman–Crippen MR) is 103 cm³/mol. The molecule has 0 aliphatic heterocycles. The molecule has 0 aromatic heterocycles. The molecule has 0 aliphatic carbocycles. The van der Waals surface area contributed by atoms with Crippen LogP contribution in [0.25, 0.3) is 0 Å². The van der Waals surface area contributed by atoms with E-state index >= 15 is 0 Å². The highest BCUT2D eigenvalue weighted by Gasteiger charge is 2.29. The minimum Gasteiger partial charge on any atom is -0.480 e. The zero-order valence-corrected chi connectivity index (χ0v) is 16.2. The molecule has 15 heteroatoms. The van der Waals surface area contributed by atoms with Gasteiger partial charge < -0.3 is 53.6 Å². The quantitative estimate of drug-likeness (QED) is 0.0696. The zero-order chi connectivity index (χ0) is 23.3. The SMILES string of the molecule is NC(N)=NCCCC(N)C(=O)NC(CO)C(=O)NC(CO)C(=O)NC(CO)C(=O)O. The van der Waals surface area contributed by atoms with Gasteiger partial charge in [-0.15, -0.1) is 0 Å². The third-order valence-electron chi connectivity index (χ3n) is 3.73. The van der Waals surface area contributed by atoms with Crippen molar-refractivity contribution in [1.82, 2.24) is 16.0 Å². The molecule has 172 valence electrons. The van der Waals surface area contributed by atoms with Crippen LogP contribution in [0.2, 0.25) is 0 Å². The average molecular weight is 435 g/mol. The van der Waals surface area contributed by atoms with Crippen LogP contribution < -0.4 is 33.2 Å². The number of hydrogen-bond acceptors (Lipinski definition) is 9. The Bertz CT molecular complexity index is 626. The molecule has 0 aromatic rings. The number of amides is 3. The number of rotatable bonds is 14. The third kappa shape index (κ3) is 9.97. The molecule has 3 amide bonds. The van der Waals surface area contributed by atoms with Crippen molar-refractivity contribution in [2.75, 3.05) is 26.4 Å². The largest absolute Gasteiger partial charge is 0.480 e. The van der Waals surface area contributed by atoms with Crippen LogP contribution in [-0.2, 0) is 19.2 Å². The number of guanidine groups is 1. The van der Waals surface area contributed by atoms with E-state index in [-0.39, 0.29) is 18.9 Å². The summed E-state index contributed by atoms with van der Waals surface area (Å²) in [7, 11) is 0. The number of aliphatic hydroxyl groups excluding tert-OH is 3. The molecule has 0 aliphatic rings.